The molecule has 0 aromatic heterocycles. The highest BCUT2D eigenvalue weighted by Crippen LogP contribution is 2.36. The Kier molecular flexibility index (Phi) is 6.22. The maximum absolute atomic E-state index is 12.8. The van der Waals surface area contributed by atoms with Crippen LogP contribution in [0, 0.1) is 0 Å². The number of hydrogen-bond donors (Lipinski definition) is 1. The van der Waals surface area contributed by atoms with Crippen LogP contribution in [-0.2, 0) is 11.2 Å². The Morgan fingerprint density at radius 3 is 1.92 bits per heavy atom. The first kappa shape index (κ1) is 19.8. The van der Waals surface area contributed by atoms with Crippen molar-refractivity contribution < 1.29 is 41.0 Å². The quantitative estimate of drug-likeness (QED) is 0.762. The van der Waals surface area contributed by atoms with E-state index in [-0.39, 0.29) is 6.42 Å². The summed E-state index contributed by atoms with van der Waals surface area (Å²) in [7, 11) is 4.12. The third-order valence-corrected chi connectivity index (χ3v) is 3.11. The predicted molar refractivity (Wildman–Crippen MR) is 73.8 cm³/mol. The van der Waals surface area contributed by atoms with E-state index in [2.05, 4.69) is 0 Å². The van der Waals surface area contributed by atoms with Crippen LogP contribution < -0.4 is 19.5 Å². The van der Waals surface area contributed by atoms with E-state index in [0.717, 1.165) is 0 Å². The molecule has 24 heavy (non-hydrogen) atoms. The summed E-state index contributed by atoms with van der Waals surface area (Å²) in [6, 6.07) is 2.95. The summed E-state index contributed by atoms with van der Waals surface area (Å²) < 4.78 is 77.1. The van der Waals surface area contributed by atoms with E-state index in [1.165, 1.54) is 33.5 Å². The summed E-state index contributed by atoms with van der Waals surface area (Å²) in [5, 5.41) is 1.56. The van der Waals surface area contributed by atoms with Crippen molar-refractivity contribution in [2.75, 3.05) is 27.9 Å². The predicted octanol–water partition coefficient (Wildman–Crippen LogP) is 2.57. The molecular weight excluding hydrogens is 341 g/mol. The van der Waals surface area contributed by atoms with Gasteiger partial charge in [-0.2, -0.15) is 22.0 Å². The van der Waals surface area contributed by atoms with Crippen molar-refractivity contribution in [2.45, 2.75) is 18.5 Å². The lowest BCUT2D eigenvalue weighted by molar-refractivity contribution is -0.269. The fraction of sp³-hybridized carbons (Fsp3) is 0.500. The second kappa shape index (κ2) is 7.54. The van der Waals surface area contributed by atoms with Crippen LogP contribution in [0.3, 0.4) is 0 Å². The van der Waals surface area contributed by atoms with Crippen LogP contribution in [0.1, 0.15) is 5.56 Å². The number of rotatable bonds is 7. The van der Waals surface area contributed by atoms with E-state index in [1.54, 1.807) is 5.32 Å². The monoisotopic (exact) mass is 357 g/mol. The Balaban J connectivity index is 2.83. The molecule has 10 heteroatoms. The van der Waals surface area contributed by atoms with Crippen molar-refractivity contribution in [3.8, 4) is 17.2 Å². The zero-order valence-electron chi connectivity index (χ0n) is 13.1. The molecule has 0 atom stereocenters. The number of alkyl halides is 5. The molecule has 0 heterocycles. The Labute approximate surface area is 134 Å². The Morgan fingerprint density at radius 1 is 0.958 bits per heavy atom. The van der Waals surface area contributed by atoms with Gasteiger partial charge in [-0.05, 0) is 18.1 Å². The Hall–Kier alpha value is -2.26. The number of hydrogen-bond acceptors (Lipinski definition) is 4. The largest absolute Gasteiger partial charge is 0.496 e. The highest BCUT2D eigenvalue weighted by atomic mass is 19.4. The van der Waals surface area contributed by atoms with E-state index in [9.17, 15) is 26.7 Å². The standard InChI is InChI=1S/C14H16F5NO4/c1-22-9-7-11(24-3)10(23-2)6-8(9)4-5-20-12(21)13(15,16)14(17,18)19/h6-7H,4-5H2,1-3H3,(H,20,21). The van der Waals surface area contributed by atoms with Gasteiger partial charge in [-0.1, -0.05) is 0 Å². The molecule has 1 amide bonds. The van der Waals surface area contributed by atoms with E-state index in [4.69, 9.17) is 14.2 Å². The van der Waals surface area contributed by atoms with E-state index >= 15 is 0 Å². The van der Waals surface area contributed by atoms with Crippen LogP contribution in [-0.4, -0.2) is 45.9 Å². The number of methoxy groups -OCH3 is 3. The minimum absolute atomic E-state index is 0.0524. The lowest BCUT2D eigenvalue weighted by atomic mass is 10.1. The molecule has 5 nitrogen and oxygen atoms in total. The second-order valence-electron chi connectivity index (χ2n) is 4.60. The van der Waals surface area contributed by atoms with E-state index in [1.807, 2.05) is 0 Å². The lowest BCUT2D eigenvalue weighted by Gasteiger charge is -2.19. The number of ether oxygens (including phenoxy) is 3. The molecule has 0 bridgehead atoms. The first-order valence-corrected chi connectivity index (χ1v) is 6.60. The van der Waals surface area contributed by atoms with Gasteiger partial charge >= 0.3 is 12.1 Å². The second-order valence-corrected chi connectivity index (χ2v) is 4.60. The summed E-state index contributed by atoms with van der Waals surface area (Å²) in [5.41, 5.74) is 0.436. The van der Waals surface area contributed by atoms with Gasteiger partial charge in [0, 0.05) is 12.6 Å². The van der Waals surface area contributed by atoms with Gasteiger partial charge in [0.05, 0.1) is 21.3 Å². The van der Waals surface area contributed by atoms with Crippen molar-refractivity contribution in [3.63, 3.8) is 0 Å². The van der Waals surface area contributed by atoms with Crippen LogP contribution in [0.25, 0.3) is 0 Å². The summed E-state index contributed by atoms with van der Waals surface area (Å²) >= 11 is 0. The first-order valence-electron chi connectivity index (χ1n) is 6.60. The van der Waals surface area contributed by atoms with Crippen molar-refractivity contribution in [3.05, 3.63) is 17.7 Å². The molecule has 0 aliphatic heterocycles. The number of carbonyl (C=O) groups excluding carboxylic acids is 1. The molecule has 0 spiro atoms. The Morgan fingerprint density at radius 2 is 1.46 bits per heavy atom. The lowest BCUT2D eigenvalue weighted by Crippen LogP contribution is -2.50. The maximum Gasteiger partial charge on any atom is 0.463 e. The molecular formula is C14H16F5NO4. The van der Waals surface area contributed by atoms with Crippen LogP contribution in [0.5, 0.6) is 17.2 Å². The molecule has 1 aromatic carbocycles. The van der Waals surface area contributed by atoms with Gasteiger partial charge in [0.25, 0.3) is 5.91 Å². The summed E-state index contributed by atoms with van der Waals surface area (Å²) in [6.07, 6.45) is -6.00. The van der Waals surface area contributed by atoms with E-state index < -0.39 is 24.6 Å². The van der Waals surface area contributed by atoms with Crippen molar-refractivity contribution in [1.82, 2.24) is 5.32 Å². The van der Waals surface area contributed by atoms with Crippen LogP contribution in [0.15, 0.2) is 12.1 Å². The Bertz CT molecular complexity index is 589. The topological polar surface area (TPSA) is 56.8 Å². The van der Waals surface area contributed by atoms with Gasteiger partial charge in [-0.15, -0.1) is 0 Å². The number of benzene rings is 1. The molecule has 136 valence electrons. The fourth-order valence-corrected chi connectivity index (χ4v) is 1.84. The zero-order valence-corrected chi connectivity index (χ0v) is 13.1. The molecule has 0 aliphatic carbocycles. The number of nitrogens with one attached hydrogen (secondary N) is 1. The maximum atomic E-state index is 12.8. The first-order chi connectivity index (χ1) is 11.1. The fourth-order valence-electron chi connectivity index (χ4n) is 1.84. The molecule has 0 unspecified atom stereocenters. The molecule has 0 saturated carbocycles. The average Bonchev–Trinajstić information content (AvgIpc) is 2.52. The van der Waals surface area contributed by atoms with Crippen molar-refractivity contribution in [2.24, 2.45) is 0 Å². The third-order valence-electron chi connectivity index (χ3n) is 3.11. The van der Waals surface area contributed by atoms with E-state index in [0.29, 0.717) is 22.8 Å². The van der Waals surface area contributed by atoms with Crippen molar-refractivity contribution in [1.29, 1.82) is 0 Å². The van der Waals surface area contributed by atoms with Gasteiger partial charge in [-0.25, -0.2) is 0 Å². The van der Waals surface area contributed by atoms with Gasteiger partial charge in [0.2, 0.25) is 0 Å². The van der Waals surface area contributed by atoms with Crippen LogP contribution >= 0.6 is 0 Å². The number of amides is 1. The van der Waals surface area contributed by atoms with Crippen LogP contribution in [0.2, 0.25) is 0 Å². The van der Waals surface area contributed by atoms with Gasteiger partial charge in [0.1, 0.15) is 5.75 Å². The normalized spacial score (nSPS) is 11.8. The summed E-state index contributed by atoms with van der Waals surface area (Å²) in [4.78, 5) is 11.0. The average molecular weight is 357 g/mol. The zero-order chi connectivity index (χ0) is 18.5. The molecule has 0 aliphatic rings. The van der Waals surface area contributed by atoms with Gasteiger partial charge in [-0.3, -0.25) is 4.79 Å². The minimum Gasteiger partial charge on any atom is -0.496 e. The molecule has 1 N–H and O–H groups in total. The molecule has 0 radical (unpaired) electrons. The van der Waals surface area contributed by atoms with Gasteiger partial charge in [0.15, 0.2) is 11.5 Å². The molecule has 0 fully saturated rings. The highest BCUT2D eigenvalue weighted by molar-refractivity contribution is 5.84. The van der Waals surface area contributed by atoms with Crippen molar-refractivity contribution >= 4 is 5.91 Å². The minimum atomic E-state index is -5.95. The summed E-state index contributed by atoms with van der Waals surface area (Å²) in [5.74, 6) is -6.88. The molecule has 1 aromatic rings. The molecule has 1 rings (SSSR count). The summed E-state index contributed by atoms with van der Waals surface area (Å²) in [6.45, 7) is -0.448. The number of carbonyl (C=O) groups is 1. The molecule has 0 saturated heterocycles. The van der Waals surface area contributed by atoms with Gasteiger partial charge < -0.3 is 19.5 Å². The van der Waals surface area contributed by atoms with Crippen LogP contribution in [0.4, 0.5) is 22.0 Å². The smallest absolute Gasteiger partial charge is 0.463 e. The number of halogens is 5. The SMILES string of the molecule is COc1cc(OC)c(OC)cc1CCNC(=O)C(F)(F)C(F)(F)F. The highest BCUT2D eigenvalue weighted by Gasteiger charge is 2.63. The third kappa shape index (κ3) is 4.18.